The Morgan fingerprint density at radius 1 is 1.36 bits per heavy atom. The summed E-state index contributed by atoms with van der Waals surface area (Å²) >= 11 is 0. The van der Waals surface area contributed by atoms with Crippen molar-refractivity contribution < 1.29 is 4.79 Å². The average Bonchev–Trinajstić information content (AvgIpc) is 2.18. The van der Waals surface area contributed by atoms with Gasteiger partial charge in [-0.05, 0) is 40.2 Å². The minimum absolute atomic E-state index is 0.0821. The van der Waals surface area contributed by atoms with Crippen molar-refractivity contribution in [3.05, 3.63) is 11.1 Å². The molecule has 14 heavy (non-hydrogen) atoms. The molecule has 1 aliphatic rings. The Morgan fingerprint density at radius 2 is 2.07 bits per heavy atom. The summed E-state index contributed by atoms with van der Waals surface area (Å²) in [4.78, 5) is 11.7. The molecule has 1 atom stereocenters. The van der Waals surface area contributed by atoms with E-state index in [0.29, 0.717) is 6.04 Å². The number of rotatable bonds is 2. The van der Waals surface area contributed by atoms with Crippen molar-refractivity contribution in [3.63, 3.8) is 0 Å². The normalized spacial score (nSPS) is 21.5. The first-order valence-corrected chi connectivity index (χ1v) is 5.27. The molecule has 0 bridgehead atoms. The highest BCUT2D eigenvalue weighted by Gasteiger charge is 2.16. The number of piperidine rings is 1. The molecule has 80 valence electrons. The summed E-state index contributed by atoms with van der Waals surface area (Å²) in [5.74, 6) is 0.0821. The molecule has 1 saturated heterocycles. The van der Waals surface area contributed by atoms with Crippen molar-refractivity contribution in [2.45, 2.75) is 39.7 Å². The van der Waals surface area contributed by atoms with Crippen molar-refractivity contribution in [2.75, 3.05) is 13.1 Å². The highest BCUT2D eigenvalue weighted by Crippen LogP contribution is 2.05. The van der Waals surface area contributed by atoms with Gasteiger partial charge in [-0.2, -0.15) is 0 Å². The Morgan fingerprint density at radius 3 is 2.57 bits per heavy atom. The third-order valence-corrected chi connectivity index (χ3v) is 2.72. The molecule has 0 spiro atoms. The van der Waals surface area contributed by atoms with Gasteiger partial charge in [0.05, 0.1) is 0 Å². The zero-order valence-electron chi connectivity index (χ0n) is 9.31. The van der Waals surface area contributed by atoms with Crippen LogP contribution in [0.3, 0.4) is 0 Å². The van der Waals surface area contributed by atoms with Crippen LogP contribution in [0.2, 0.25) is 0 Å². The molecular formula is C11H20N2O. The van der Waals surface area contributed by atoms with E-state index in [1.165, 1.54) is 0 Å². The minimum atomic E-state index is 0.0821. The van der Waals surface area contributed by atoms with Gasteiger partial charge >= 0.3 is 0 Å². The van der Waals surface area contributed by atoms with Gasteiger partial charge in [-0.25, -0.2) is 0 Å². The molecule has 3 heteroatoms. The highest BCUT2D eigenvalue weighted by atomic mass is 16.1. The predicted molar refractivity (Wildman–Crippen MR) is 58.1 cm³/mol. The molecule has 0 aliphatic carbocycles. The maximum atomic E-state index is 11.7. The van der Waals surface area contributed by atoms with Gasteiger partial charge in [0.15, 0.2) is 0 Å². The molecule has 1 heterocycles. The van der Waals surface area contributed by atoms with Crippen LogP contribution in [0.5, 0.6) is 0 Å². The quantitative estimate of drug-likeness (QED) is 0.652. The van der Waals surface area contributed by atoms with Crippen LogP contribution in [0.1, 0.15) is 33.6 Å². The second-order valence-corrected chi connectivity index (χ2v) is 4.14. The smallest absolute Gasteiger partial charge is 0.247 e. The van der Waals surface area contributed by atoms with Crippen LogP contribution < -0.4 is 10.6 Å². The lowest BCUT2D eigenvalue weighted by Gasteiger charge is -2.24. The number of amides is 1. The van der Waals surface area contributed by atoms with Gasteiger partial charge in [0, 0.05) is 18.2 Å². The van der Waals surface area contributed by atoms with Crippen molar-refractivity contribution in [1.29, 1.82) is 0 Å². The van der Waals surface area contributed by atoms with Crippen molar-refractivity contribution in [2.24, 2.45) is 0 Å². The first kappa shape index (κ1) is 11.2. The second kappa shape index (κ2) is 5.15. The van der Waals surface area contributed by atoms with Crippen LogP contribution in [-0.4, -0.2) is 25.0 Å². The first-order valence-electron chi connectivity index (χ1n) is 5.27. The molecule has 1 unspecified atom stereocenters. The maximum Gasteiger partial charge on any atom is 0.247 e. The number of nitrogens with one attached hydrogen (secondary N) is 2. The maximum absolute atomic E-state index is 11.7. The third kappa shape index (κ3) is 3.14. The van der Waals surface area contributed by atoms with Gasteiger partial charge in [-0.1, -0.05) is 5.57 Å². The van der Waals surface area contributed by atoms with E-state index in [1.54, 1.807) is 0 Å². The number of allylic oxidation sites excluding steroid dienone is 1. The Labute approximate surface area is 86.0 Å². The van der Waals surface area contributed by atoms with Crippen molar-refractivity contribution in [3.8, 4) is 0 Å². The molecule has 2 N–H and O–H groups in total. The Balaban J connectivity index is 2.43. The lowest BCUT2D eigenvalue weighted by molar-refractivity contribution is -0.118. The van der Waals surface area contributed by atoms with Crippen LogP contribution in [0.4, 0.5) is 0 Å². The summed E-state index contributed by atoms with van der Waals surface area (Å²) in [5, 5.41) is 6.32. The van der Waals surface area contributed by atoms with E-state index in [4.69, 9.17) is 0 Å². The fraction of sp³-hybridized carbons (Fsp3) is 0.727. The monoisotopic (exact) mass is 196 g/mol. The summed E-state index contributed by atoms with van der Waals surface area (Å²) in [7, 11) is 0. The SMILES string of the molecule is CC(C)=C(C)C(=O)NC1CCCNC1. The summed E-state index contributed by atoms with van der Waals surface area (Å²) in [6, 6.07) is 0.311. The Kier molecular flexibility index (Phi) is 4.14. The molecule has 0 radical (unpaired) electrons. The van der Waals surface area contributed by atoms with Crippen LogP contribution >= 0.6 is 0 Å². The Bertz CT molecular complexity index is 236. The molecular weight excluding hydrogens is 176 g/mol. The zero-order chi connectivity index (χ0) is 10.6. The molecule has 1 amide bonds. The van der Waals surface area contributed by atoms with Crippen LogP contribution in [-0.2, 0) is 4.79 Å². The number of hydrogen-bond acceptors (Lipinski definition) is 2. The van der Waals surface area contributed by atoms with Crippen molar-refractivity contribution in [1.82, 2.24) is 10.6 Å². The zero-order valence-corrected chi connectivity index (χ0v) is 9.31. The van der Waals surface area contributed by atoms with Crippen LogP contribution in [0, 0.1) is 0 Å². The van der Waals surface area contributed by atoms with Crippen molar-refractivity contribution >= 4 is 5.91 Å². The molecule has 1 aliphatic heterocycles. The minimum Gasteiger partial charge on any atom is -0.348 e. The largest absolute Gasteiger partial charge is 0.348 e. The summed E-state index contributed by atoms with van der Waals surface area (Å²) in [5.41, 5.74) is 1.93. The molecule has 1 fully saturated rings. The standard InChI is InChI=1S/C11H20N2O/c1-8(2)9(3)11(14)13-10-5-4-6-12-7-10/h10,12H,4-7H2,1-3H3,(H,13,14). The summed E-state index contributed by atoms with van der Waals surface area (Å²) in [6.07, 6.45) is 2.24. The van der Waals surface area contributed by atoms with Gasteiger partial charge in [0.25, 0.3) is 0 Å². The fourth-order valence-corrected chi connectivity index (χ4v) is 1.50. The topological polar surface area (TPSA) is 41.1 Å². The summed E-state index contributed by atoms with van der Waals surface area (Å²) in [6.45, 7) is 7.79. The average molecular weight is 196 g/mol. The van der Waals surface area contributed by atoms with E-state index in [2.05, 4.69) is 10.6 Å². The molecule has 0 aromatic rings. The van der Waals surface area contributed by atoms with Gasteiger partial charge in [0.1, 0.15) is 0 Å². The molecule has 3 nitrogen and oxygen atoms in total. The van der Waals surface area contributed by atoms with Gasteiger partial charge in [-0.15, -0.1) is 0 Å². The van der Waals surface area contributed by atoms with E-state index in [9.17, 15) is 4.79 Å². The lowest BCUT2D eigenvalue weighted by atomic mass is 10.1. The predicted octanol–water partition coefficient (Wildman–Crippen LogP) is 1.21. The van der Waals surface area contributed by atoms with E-state index < -0.39 is 0 Å². The molecule has 0 aromatic heterocycles. The molecule has 0 saturated carbocycles. The molecule has 0 aromatic carbocycles. The van der Waals surface area contributed by atoms with Gasteiger partial charge in [0.2, 0.25) is 5.91 Å². The van der Waals surface area contributed by atoms with E-state index in [0.717, 1.165) is 37.1 Å². The summed E-state index contributed by atoms with van der Waals surface area (Å²) < 4.78 is 0. The fourth-order valence-electron chi connectivity index (χ4n) is 1.50. The number of hydrogen-bond donors (Lipinski definition) is 2. The van der Waals surface area contributed by atoms with E-state index in [1.807, 2.05) is 20.8 Å². The van der Waals surface area contributed by atoms with E-state index >= 15 is 0 Å². The van der Waals surface area contributed by atoms with Crippen LogP contribution in [0.15, 0.2) is 11.1 Å². The Hall–Kier alpha value is -0.830. The first-order chi connectivity index (χ1) is 6.61. The number of carbonyl (C=O) groups excluding carboxylic acids is 1. The molecule has 1 rings (SSSR count). The van der Waals surface area contributed by atoms with E-state index in [-0.39, 0.29) is 5.91 Å². The van der Waals surface area contributed by atoms with Gasteiger partial charge in [-0.3, -0.25) is 4.79 Å². The third-order valence-electron chi connectivity index (χ3n) is 2.72. The number of carbonyl (C=O) groups is 1. The van der Waals surface area contributed by atoms with Gasteiger partial charge < -0.3 is 10.6 Å². The lowest BCUT2D eigenvalue weighted by Crippen LogP contribution is -2.45. The highest BCUT2D eigenvalue weighted by molar-refractivity contribution is 5.93. The second-order valence-electron chi connectivity index (χ2n) is 4.14. The van der Waals surface area contributed by atoms with Crippen LogP contribution in [0.25, 0.3) is 0 Å².